The molecule has 0 saturated heterocycles. The summed E-state index contributed by atoms with van der Waals surface area (Å²) in [6.45, 7) is 8.73. The fourth-order valence-corrected chi connectivity index (χ4v) is 7.39. The summed E-state index contributed by atoms with van der Waals surface area (Å²) >= 11 is 0. The number of nitrogens with zero attached hydrogens (tertiary/aromatic N) is 8. The molecule has 18 nitrogen and oxygen atoms in total. The molecule has 2 aliphatic heterocycles. The summed E-state index contributed by atoms with van der Waals surface area (Å²) in [4.78, 5) is 60.2. The van der Waals surface area contributed by atoms with Crippen LogP contribution in [0.5, 0.6) is 11.5 Å². The molecule has 4 aromatic heterocycles. The first kappa shape index (κ1) is 36.0. The van der Waals surface area contributed by atoms with Crippen LogP contribution in [0.1, 0.15) is 91.9 Å². The minimum absolute atomic E-state index is 0.0128. The van der Waals surface area contributed by atoms with E-state index in [2.05, 4.69) is 30.8 Å². The highest BCUT2D eigenvalue weighted by Crippen LogP contribution is 2.40. The highest BCUT2D eigenvalue weighted by Gasteiger charge is 2.31. The lowest BCUT2D eigenvalue weighted by Gasteiger charge is -2.27. The highest BCUT2D eigenvalue weighted by molar-refractivity contribution is 6.05. The molecule has 0 saturated carbocycles. The summed E-state index contributed by atoms with van der Waals surface area (Å²) in [6.07, 6.45) is 4.87. The van der Waals surface area contributed by atoms with Crippen LogP contribution in [0.15, 0.2) is 48.6 Å². The molecular formula is C38H38N10O8. The number of allylic oxidation sites excluding steroid dienone is 2. The Balaban J connectivity index is 1.08. The van der Waals surface area contributed by atoms with Gasteiger partial charge in [0, 0.05) is 13.1 Å². The lowest BCUT2D eigenvalue weighted by atomic mass is 10.1. The lowest BCUT2D eigenvalue weighted by Crippen LogP contribution is -2.26. The van der Waals surface area contributed by atoms with Gasteiger partial charge in [0.1, 0.15) is 47.1 Å². The first-order valence-electron chi connectivity index (χ1n) is 18.1. The molecule has 8 rings (SSSR count). The van der Waals surface area contributed by atoms with Gasteiger partial charge in [0.25, 0.3) is 11.8 Å². The number of carbonyl (C=O) groups excluding carboxylic acids is 2. The van der Waals surface area contributed by atoms with Gasteiger partial charge in [0.05, 0.1) is 45.6 Å². The lowest BCUT2D eigenvalue weighted by molar-refractivity contribution is 0.0685. The SMILES string of the molecule is CCn1nc(C)cc1C(=O)Nc1nc2cc(C(=O)O)cc3c2n1[C@@H](C/C=C/C[C@H]1COc2cc(C(=O)O)cc4nc(NC(=O)c5cc(C)nn5CC)n1c24)CO3. The van der Waals surface area contributed by atoms with Gasteiger partial charge in [-0.05, 0) is 76.9 Å². The Labute approximate surface area is 318 Å². The third kappa shape index (κ3) is 6.27. The number of aromatic carboxylic acids is 2. The number of aryl methyl sites for hydroxylation is 4. The van der Waals surface area contributed by atoms with E-state index >= 15 is 0 Å². The van der Waals surface area contributed by atoms with Crippen LogP contribution in [0.4, 0.5) is 11.9 Å². The molecule has 288 valence electrons. The Kier molecular flexibility index (Phi) is 9.02. The van der Waals surface area contributed by atoms with E-state index in [4.69, 9.17) is 9.47 Å². The molecule has 6 aromatic rings. The average molecular weight is 763 g/mol. The number of carboxylic acid groups (broad SMARTS) is 2. The number of ether oxygens (including phenoxy) is 2. The normalized spacial score (nSPS) is 15.9. The maximum Gasteiger partial charge on any atom is 0.335 e. The Morgan fingerprint density at radius 1 is 0.696 bits per heavy atom. The van der Waals surface area contributed by atoms with E-state index in [9.17, 15) is 29.4 Å². The number of amides is 2. The molecule has 0 unspecified atom stereocenters. The minimum Gasteiger partial charge on any atom is -0.489 e. The van der Waals surface area contributed by atoms with Gasteiger partial charge in [-0.3, -0.25) is 38.7 Å². The van der Waals surface area contributed by atoms with Crippen LogP contribution in [0.25, 0.3) is 22.1 Å². The summed E-state index contributed by atoms with van der Waals surface area (Å²) in [5.74, 6) is -1.88. The molecular weight excluding hydrogens is 724 g/mol. The van der Waals surface area contributed by atoms with Crippen molar-refractivity contribution in [2.24, 2.45) is 0 Å². The second-order valence-electron chi connectivity index (χ2n) is 13.7. The van der Waals surface area contributed by atoms with E-state index in [1.54, 1.807) is 35.3 Å². The topological polar surface area (TPSA) is 223 Å². The number of anilines is 2. The van der Waals surface area contributed by atoms with Crippen LogP contribution in [-0.4, -0.2) is 85.8 Å². The van der Waals surface area contributed by atoms with Gasteiger partial charge in [-0.1, -0.05) is 12.2 Å². The molecule has 2 aliphatic rings. The van der Waals surface area contributed by atoms with Crippen molar-refractivity contribution in [3.05, 3.63) is 82.5 Å². The fraction of sp³-hybridized carbons (Fsp3) is 0.316. The van der Waals surface area contributed by atoms with E-state index in [1.165, 1.54) is 24.3 Å². The van der Waals surface area contributed by atoms with E-state index in [0.717, 1.165) is 0 Å². The van der Waals surface area contributed by atoms with Gasteiger partial charge < -0.3 is 19.7 Å². The molecule has 0 bridgehead atoms. The van der Waals surface area contributed by atoms with Gasteiger partial charge in [-0.15, -0.1) is 0 Å². The van der Waals surface area contributed by atoms with Crippen LogP contribution < -0.4 is 20.1 Å². The number of carbonyl (C=O) groups is 4. The van der Waals surface area contributed by atoms with Gasteiger partial charge in [-0.2, -0.15) is 10.2 Å². The van der Waals surface area contributed by atoms with Crippen LogP contribution in [0.3, 0.4) is 0 Å². The molecule has 2 amide bonds. The summed E-state index contributed by atoms with van der Waals surface area (Å²) in [7, 11) is 0. The monoisotopic (exact) mass is 762 g/mol. The second kappa shape index (κ2) is 14.0. The molecule has 4 N–H and O–H groups in total. The number of hydrogen-bond acceptors (Lipinski definition) is 10. The minimum atomic E-state index is -1.13. The molecule has 18 heteroatoms. The first-order valence-corrected chi connectivity index (χ1v) is 18.1. The van der Waals surface area contributed by atoms with E-state index < -0.39 is 23.8 Å². The van der Waals surface area contributed by atoms with Gasteiger partial charge >= 0.3 is 11.9 Å². The molecule has 2 aromatic carbocycles. The molecule has 0 radical (unpaired) electrons. The molecule has 56 heavy (non-hydrogen) atoms. The molecule has 0 fully saturated rings. The van der Waals surface area contributed by atoms with Crippen molar-refractivity contribution in [2.45, 2.75) is 65.7 Å². The number of rotatable bonds is 12. The third-order valence-electron chi connectivity index (χ3n) is 9.89. The van der Waals surface area contributed by atoms with Crippen LogP contribution in [0.2, 0.25) is 0 Å². The molecule has 0 spiro atoms. The van der Waals surface area contributed by atoms with Crippen molar-refractivity contribution in [1.82, 2.24) is 38.7 Å². The van der Waals surface area contributed by atoms with Crippen molar-refractivity contribution in [2.75, 3.05) is 23.8 Å². The Bertz CT molecular complexity index is 2450. The number of aromatic nitrogens is 8. The largest absolute Gasteiger partial charge is 0.489 e. The van der Waals surface area contributed by atoms with E-state index in [0.29, 0.717) is 82.3 Å². The number of benzene rings is 2. The zero-order chi connectivity index (χ0) is 39.4. The van der Waals surface area contributed by atoms with Crippen molar-refractivity contribution < 1.29 is 38.9 Å². The fourth-order valence-electron chi connectivity index (χ4n) is 7.39. The maximum atomic E-state index is 13.5. The Morgan fingerprint density at radius 3 is 1.48 bits per heavy atom. The van der Waals surface area contributed by atoms with Crippen LogP contribution >= 0.6 is 0 Å². The van der Waals surface area contributed by atoms with Crippen molar-refractivity contribution in [3.63, 3.8) is 0 Å². The first-order chi connectivity index (χ1) is 26.9. The number of hydrogen-bond donors (Lipinski definition) is 4. The zero-order valence-electron chi connectivity index (χ0n) is 30.9. The maximum absolute atomic E-state index is 13.5. The van der Waals surface area contributed by atoms with Crippen LogP contribution in [0, 0.1) is 13.8 Å². The molecule has 0 aliphatic carbocycles. The number of nitrogens with one attached hydrogen (secondary N) is 2. The van der Waals surface area contributed by atoms with E-state index in [1.807, 2.05) is 35.1 Å². The van der Waals surface area contributed by atoms with Crippen molar-refractivity contribution in [1.29, 1.82) is 0 Å². The smallest absolute Gasteiger partial charge is 0.335 e. The van der Waals surface area contributed by atoms with Crippen LogP contribution in [-0.2, 0) is 13.1 Å². The summed E-state index contributed by atoms with van der Waals surface area (Å²) < 4.78 is 19.1. The summed E-state index contributed by atoms with van der Waals surface area (Å²) in [6, 6.07) is 8.55. The standard InChI is InChI=1S/C38H38N10O8/c1-5-45-27(11-19(3)43-45)33(49)41-37-39-25-13-21(35(51)52)15-29-31(25)47(37)23(17-55-29)9-7-8-10-24-18-56-30-16-22(36(53)54)14-26-32(30)48(24)38(40-26)42-34(50)28-12-20(4)44-46(28)6-2/h7-8,11-16,23-24H,5-6,9-10,17-18H2,1-4H3,(H,51,52)(H,53,54)(H,39,41,49)(H,40,42,50)/b8-7+/t23-,24-/m0/s1. The van der Waals surface area contributed by atoms with Crippen molar-refractivity contribution >= 4 is 57.7 Å². The Hall–Kier alpha value is -6.98. The summed E-state index contributed by atoms with van der Waals surface area (Å²) in [5.41, 5.74) is 4.00. The average Bonchev–Trinajstić information content (AvgIpc) is 3.95. The predicted octanol–water partition coefficient (Wildman–Crippen LogP) is 5.24. The quantitative estimate of drug-likeness (QED) is 0.118. The number of imidazole rings is 2. The summed E-state index contributed by atoms with van der Waals surface area (Å²) in [5, 5.41) is 34.1. The predicted molar refractivity (Wildman–Crippen MR) is 202 cm³/mol. The second-order valence-corrected chi connectivity index (χ2v) is 13.7. The highest BCUT2D eigenvalue weighted by atomic mass is 16.5. The Morgan fingerprint density at radius 2 is 1.11 bits per heavy atom. The molecule has 2 atom stereocenters. The zero-order valence-corrected chi connectivity index (χ0v) is 30.9. The van der Waals surface area contributed by atoms with Gasteiger partial charge in [0.2, 0.25) is 11.9 Å². The van der Waals surface area contributed by atoms with E-state index in [-0.39, 0.29) is 48.3 Å². The number of carboxylic acids is 2. The molecule has 6 heterocycles. The third-order valence-corrected chi connectivity index (χ3v) is 9.89. The van der Waals surface area contributed by atoms with Crippen molar-refractivity contribution in [3.8, 4) is 11.5 Å². The van der Waals surface area contributed by atoms with Gasteiger partial charge in [0.15, 0.2) is 0 Å². The van der Waals surface area contributed by atoms with Gasteiger partial charge in [-0.25, -0.2) is 19.6 Å².